The second kappa shape index (κ2) is 8.14. The Morgan fingerprint density at radius 1 is 1.04 bits per heavy atom. The first kappa shape index (κ1) is 17.4. The van der Waals surface area contributed by atoms with Crippen molar-refractivity contribution in [3.05, 3.63) is 71.7 Å². The lowest BCUT2D eigenvalue weighted by Crippen LogP contribution is -2.25. The van der Waals surface area contributed by atoms with Gasteiger partial charge in [-0.2, -0.15) is 0 Å². The molecule has 1 N–H and O–H groups in total. The molecule has 4 aromatic rings. The quantitative estimate of drug-likeness (QED) is 0.523. The van der Waals surface area contributed by atoms with Crippen LogP contribution in [-0.2, 0) is 17.6 Å². The van der Waals surface area contributed by atoms with E-state index in [2.05, 4.69) is 21.4 Å². The SMILES string of the molecule is O=C(CCc1ncc(-c2ccccc2)o1)NCCc1nc2ccccc2s1. The number of thiazole rings is 1. The third-order valence-electron chi connectivity index (χ3n) is 4.18. The van der Waals surface area contributed by atoms with Gasteiger partial charge in [0.25, 0.3) is 0 Å². The number of nitrogens with zero attached hydrogens (tertiary/aromatic N) is 2. The molecule has 136 valence electrons. The zero-order chi connectivity index (χ0) is 18.5. The first-order chi connectivity index (χ1) is 13.3. The molecule has 0 bridgehead atoms. The highest BCUT2D eigenvalue weighted by Gasteiger charge is 2.09. The van der Waals surface area contributed by atoms with Gasteiger partial charge in [0.2, 0.25) is 5.91 Å². The summed E-state index contributed by atoms with van der Waals surface area (Å²) in [7, 11) is 0. The Hall–Kier alpha value is -2.99. The van der Waals surface area contributed by atoms with Gasteiger partial charge in [-0.1, -0.05) is 42.5 Å². The Bertz CT molecular complexity index is 1010. The molecule has 2 aromatic heterocycles. The third kappa shape index (κ3) is 4.41. The van der Waals surface area contributed by atoms with Crippen molar-refractivity contribution in [3.8, 4) is 11.3 Å². The van der Waals surface area contributed by atoms with Crippen LogP contribution in [0.4, 0.5) is 0 Å². The van der Waals surface area contributed by atoms with Gasteiger partial charge >= 0.3 is 0 Å². The van der Waals surface area contributed by atoms with Crippen LogP contribution in [0, 0.1) is 0 Å². The molecule has 0 fully saturated rings. The average Bonchev–Trinajstić information content (AvgIpc) is 3.34. The summed E-state index contributed by atoms with van der Waals surface area (Å²) in [6, 6.07) is 17.9. The molecular weight excluding hydrogens is 358 g/mol. The van der Waals surface area contributed by atoms with Crippen molar-refractivity contribution in [2.24, 2.45) is 0 Å². The van der Waals surface area contributed by atoms with E-state index in [0.717, 1.165) is 28.3 Å². The van der Waals surface area contributed by atoms with E-state index in [0.29, 0.717) is 25.3 Å². The number of aromatic nitrogens is 2. The second-order valence-corrected chi connectivity index (χ2v) is 7.27. The Morgan fingerprint density at radius 3 is 2.70 bits per heavy atom. The van der Waals surface area contributed by atoms with Crippen molar-refractivity contribution in [3.63, 3.8) is 0 Å². The maximum atomic E-state index is 12.1. The van der Waals surface area contributed by atoms with Gasteiger partial charge in [0.05, 0.1) is 21.4 Å². The van der Waals surface area contributed by atoms with E-state index in [1.807, 2.05) is 48.5 Å². The molecule has 0 saturated heterocycles. The molecule has 2 heterocycles. The fourth-order valence-electron chi connectivity index (χ4n) is 2.81. The fourth-order valence-corrected chi connectivity index (χ4v) is 3.77. The zero-order valence-electron chi connectivity index (χ0n) is 14.7. The molecular formula is C21H19N3O2S. The molecule has 0 aliphatic rings. The first-order valence-electron chi connectivity index (χ1n) is 8.89. The van der Waals surface area contributed by atoms with Crippen molar-refractivity contribution in [1.29, 1.82) is 0 Å². The molecule has 27 heavy (non-hydrogen) atoms. The Kier molecular flexibility index (Phi) is 5.25. The minimum Gasteiger partial charge on any atom is -0.441 e. The molecule has 0 radical (unpaired) electrons. The summed E-state index contributed by atoms with van der Waals surface area (Å²) in [5.41, 5.74) is 2.00. The maximum Gasteiger partial charge on any atom is 0.220 e. The number of oxazole rings is 1. The molecule has 0 unspecified atom stereocenters. The Balaban J connectivity index is 1.23. The van der Waals surface area contributed by atoms with E-state index in [1.54, 1.807) is 17.5 Å². The predicted molar refractivity (Wildman–Crippen MR) is 107 cm³/mol. The van der Waals surface area contributed by atoms with Crippen molar-refractivity contribution < 1.29 is 9.21 Å². The summed E-state index contributed by atoms with van der Waals surface area (Å²) in [5.74, 6) is 1.30. The first-order valence-corrected chi connectivity index (χ1v) is 9.71. The number of carbonyl (C=O) groups is 1. The van der Waals surface area contributed by atoms with Gasteiger partial charge in [0, 0.05) is 31.4 Å². The number of aryl methyl sites for hydroxylation is 1. The molecule has 6 heteroatoms. The summed E-state index contributed by atoms with van der Waals surface area (Å²) < 4.78 is 6.91. The Labute approximate surface area is 161 Å². The molecule has 0 aliphatic heterocycles. The van der Waals surface area contributed by atoms with Crippen LogP contribution in [-0.4, -0.2) is 22.4 Å². The lowest BCUT2D eigenvalue weighted by molar-refractivity contribution is -0.121. The van der Waals surface area contributed by atoms with Gasteiger partial charge in [-0.3, -0.25) is 4.79 Å². The monoisotopic (exact) mass is 377 g/mol. The van der Waals surface area contributed by atoms with Crippen LogP contribution in [0.1, 0.15) is 17.3 Å². The molecule has 1 amide bonds. The average molecular weight is 377 g/mol. The molecule has 0 aliphatic carbocycles. The van der Waals surface area contributed by atoms with Crippen LogP contribution in [0.5, 0.6) is 0 Å². The molecule has 4 rings (SSSR count). The van der Waals surface area contributed by atoms with Crippen LogP contribution in [0.15, 0.2) is 65.2 Å². The smallest absolute Gasteiger partial charge is 0.220 e. The van der Waals surface area contributed by atoms with Crippen molar-refractivity contribution in [1.82, 2.24) is 15.3 Å². The van der Waals surface area contributed by atoms with Gasteiger partial charge in [-0.25, -0.2) is 9.97 Å². The topological polar surface area (TPSA) is 68.0 Å². The predicted octanol–water partition coefficient (Wildman–Crippen LogP) is 4.24. The maximum absolute atomic E-state index is 12.1. The number of amides is 1. The number of carbonyl (C=O) groups excluding carboxylic acids is 1. The van der Waals surface area contributed by atoms with E-state index in [4.69, 9.17) is 4.42 Å². The minimum atomic E-state index is -0.00410. The van der Waals surface area contributed by atoms with E-state index >= 15 is 0 Å². The summed E-state index contributed by atoms with van der Waals surface area (Å²) in [6.45, 7) is 0.583. The number of fused-ring (bicyclic) bond motifs is 1. The van der Waals surface area contributed by atoms with E-state index < -0.39 is 0 Å². The number of nitrogens with one attached hydrogen (secondary N) is 1. The minimum absolute atomic E-state index is 0.00410. The standard InChI is InChI=1S/C21H19N3O2S/c25-19(22-13-12-21-24-16-8-4-5-9-18(16)27-21)10-11-20-23-14-17(26-20)15-6-2-1-3-7-15/h1-9,14H,10-13H2,(H,22,25). The number of hydrogen-bond donors (Lipinski definition) is 1. The van der Waals surface area contributed by atoms with Crippen LogP contribution in [0.3, 0.4) is 0 Å². The van der Waals surface area contributed by atoms with Crippen molar-refractivity contribution >= 4 is 27.5 Å². The largest absolute Gasteiger partial charge is 0.441 e. The number of hydrogen-bond acceptors (Lipinski definition) is 5. The highest BCUT2D eigenvalue weighted by atomic mass is 32.1. The summed E-state index contributed by atoms with van der Waals surface area (Å²) in [4.78, 5) is 20.9. The molecule has 0 atom stereocenters. The lowest BCUT2D eigenvalue weighted by Gasteiger charge is -2.02. The van der Waals surface area contributed by atoms with Crippen molar-refractivity contribution in [2.75, 3.05) is 6.54 Å². The van der Waals surface area contributed by atoms with Crippen LogP contribution >= 0.6 is 11.3 Å². The van der Waals surface area contributed by atoms with Gasteiger partial charge in [-0.05, 0) is 12.1 Å². The van der Waals surface area contributed by atoms with Gasteiger partial charge < -0.3 is 9.73 Å². The van der Waals surface area contributed by atoms with Crippen LogP contribution in [0.2, 0.25) is 0 Å². The third-order valence-corrected chi connectivity index (χ3v) is 5.27. The van der Waals surface area contributed by atoms with E-state index in [-0.39, 0.29) is 5.91 Å². The normalized spacial score (nSPS) is 11.0. The van der Waals surface area contributed by atoms with Gasteiger partial charge in [-0.15, -0.1) is 11.3 Å². The highest BCUT2D eigenvalue weighted by molar-refractivity contribution is 7.18. The van der Waals surface area contributed by atoms with Crippen LogP contribution < -0.4 is 5.32 Å². The van der Waals surface area contributed by atoms with Crippen molar-refractivity contribution in [2.45, 2.75) is 19.3 Å². The number of para-hydroxylation sites is 1. The Morgan fingerprint density at radius 2 is 1.85 bits per heavy atom. The van der Waals surface area contributed by atoms with Crippen LogP contribution in [0.25, 0.3) is 21.5 Å². The van der Waals surface area contributed by atoms with Gasteiger partial charge in [0.15, 0.2) is 11.7 Å². The summed E-state index contributed by atoms with van der Waals surface area (Å²) in [6.07, 6.45) is 3.28. The fraction of sp³-hybridized carbons (Fsp3) is 0.190. The van der Waals surface area contributed by atoms with E-state index in [1.165, 1.54) is 4.70 Å². The number of benzene rings is 2. The molecule has 0 saturated carbocycles. The zero-order valence-corrected chi connectivity index (χ0v) is 15.5. The molecule has 5 nitrogen and oxygen atoms in total. The summed E-state index contributed by atoms with van der Waals surface area (Å²) in [5, 5.41) is 3.98. The highest BCUT2D eigenvalue weighted by Crippen LogP contribution is 2.22. The lowest BCUT2D eigenvalue weighted by atomic mass is 10.2. The van der Waals surface area contributed by atoms with E-state index in [9.17, 15) is 4.79 Å². The van der Waals surface area contributed by atoms with Gasteiger partial charge in [0.1, 0.15) is 0 Å². The molecule has 2 aromatic carbocycles. The number of rotatable bonds is 7. The summed E-state index contributed by atoms with van der Waals surface area (Å²) >= 11 is 1.67. The second-order valence-electron chi connectivity index (χ2n) is 6.16. The molecule has 0 spiro atoms.